The number of thioether (sulfide) groups is 1. The molecule has 0 aromatic heterocycles. The first-order chi connectivity index (χ1) is 12.9. The van der Waals surface area contributed by atoms with Crippen molar-refractivity contribution in [1.29, 1.82) is 0 Å². The zero-order valence-corrected chi connectivity index (χ0v) is 16.6. The number of hydrogen-bond acceptors (Lipinski definition) is 6. The Balaban J connectivity index is 1.95. The third kappa shape index (κ3) is 6.21. The summed E-state index contributed by atoms with van der Waals surface area (Å²) in [6.45, 7) is 3.42. The molecule has 0 bridgehead atoms. The zero-order chi connectivity index (χ0) is 19.8. The van der Waals surface area contributed by atoms with Crippen molar-refractivity contribution in [1.82, 2.24) is 0 Å². The number of methoxy groups -OCH3 is 1. The SMILES string of the molecule is COc1cc(C(=O)OCC(=O)Nc2cccc(SC)c2)ccc1OC(C)C. The standard InChI is InChI=1S/C20H23NO5S/c1-13(2)26-17-9-8-14(10-18(17)24-3)20(23)25-12-19(22)21-15-6-5-7-16(11-15)27-4/h5-11,13H,12H2,1-4H3,(H,21,22). The van der Waals surface area contributed by atoms with Crippen LogP contribution in [0.4, 0.5) is 5.69 Å². The van der Waals surface area contributed by atoms with Crippen LogP contribution in [0.15, 0.2) is 47.4 Å². The molecule has 0 unspecified atom stereocenters. The second kappa shape index (κ2) is 9.87. The van der Waals surface area contributed by atoms with E-state index in [4.69, 9.17) is 14.2 Å². The number of amides is 1. The van der Waals surface area contributed by atoms with Crippen molar-refractivity contribution in [2.45, 2.75) is 24.8 Å². The Bertz CT molecular complexity index is 807. The molecule has 1 amide bonds. The first-order valence-electron chi connectivity index (χ1n) is 8.38. The number of nitrogens with one attached hydrogen (secondary N) is 1. The van der Waals surface area contributed by atoms with Crippen molar-refractivity contribution in [3.8, 4) is 11.5 Å². The van der Waals surface area contributed by atoms with Crippen molar-refractivity contribution in [2.24, 2.45) is 0 Å². The summed E-state index contributed by atoms with van der Waals surface area (Å²) in [5.74, 6) is -0.0577. The van der Waals surface area contributed by atoms with Gasteiger partial charge in [-0.25, -0.2) is 4.79 Å². The highest BCUT2D eigenvalue weighted by molar-refractivity contribution is 7.98. The van der Waals surface area contributed by atoms with Crippen LogP contribution >= 0.6 is 11.8 Å². The van der Waals surface area contributed by atoms with Gasteiger partial charge in [0.05, 0.1) is 18.8 Å². The first kappa shape index (κ1) is 20.6. The molecule has 6 nitrogen and oxygen atoms in total. The largest absolute Gasteiger partial charge is 0.493 e. The van der Waals surface area contributed by atoms with Crippen molar-refractivity contribution < 1.29 is 23.8 Å². The first-order valence-corrected chi connectivity index (χ1v) is 9.61. The summed E-state index contributed by atoms with van der Waals surface area (Å²) in [5, 5.41) is 2.70. The number of anilines is 1. The molecule has 7 heteroatoms. The highest BCUT2D eigenvalue weighted by Crippen LogP contribution is 2.29. The van der Waals surface area contributed by atoms with E-state index in [1.54, 1.807) is 30.0 Å². The molecule has 2 aromatic carbocycles. The summed E-state index contributed by atoms with van der Waals surface area (Å²) in [5.41, 5.74) is 0.930. The summed E-state index contributed by atoms with van der Waals surface area (Å²) in [4.78, 5) is 25.2. The molecule has 144 valence electrons. The molecular formula is C20H23NO5S. The van der Waals surface area contributed by atoms with E-state index in [1.807, 2.05) is 38.3 Å². The number of carbonyl (C=O) groups is 2. The minimum atomic E-state index is -0.614. The number of rotatable bonds is 8. The van der Waals surface area contributed by atoms with Gasteiger partial charge in [-0.1, -0.05) is 6.07 Å². The molecule has 0 radical (unpaired) electrons. The number of benzene rings is 2. The van der Waals surface area contributed by atoms with Crippen LogP contribution in [-0.4, -0.2) is 38.0 Å². The van der Waals surface area contributed by atoms with Crippen LogP contribution in [0.3, 0.4) is 0 Å². The molecule has 0 aliphatic carbocycles. The van der Waals surface area contributed by atoms with E-state index < -0.39 is 11.9 Å². The summed E-state index contributed by atoms with van der Waals surface area (Å²) in [7, 11) is 1.49. The molecule has 2 rings (SSSR count). The minimum absolute atomic E-state index is 0.0231. The third-order valence-corrected chi connectivity index (χ3v) is 4.18. The van der Waals surface area contributed by atoms with Crippen LogP contribution in [0.1, 0.15) is 24.2 Å². The predicted octanol–water partition coefficient (Wildman–Crippen LogP) is 4.00. The highest BCUT2D eigenvalue weighted by Gasteiger charge is 2.15. The quantitative estimate of drug-likeness (QED) is 0.543. The van der Waals surface area contributed by atoms with Crippen LogP contribution in [0.5, 0.6) is 11.5 Å². The van der Waals surface area contributed by atoms with Gasteiger partial charge in [0.1, 0.15) is 0 Å². The Morgan fingerprint density at radius 1 is 1.11 bits per heavy atom. The molecule has 0 fully saturated rings. The molecule has 0 saturated heterocycles. The fraction of sp³-hybridized carbons (Fsp3) is 0.300. The van der Waals surface area contributed by atoms with E-state index in [-0.39, 0.29) is 18.3 Å². The van der Waals surface area contributed by atoms with Gasteiger partial charge in [-0.15, -0.1) is 11.8 Å². The van der Waals surface area contributed by atoms with Crippen molar-refractivity contribution in [2.75, 3.05) is 25.3 Å². The van der Waals surface area contributed by atoms with E-state index >= 15 is 0 Å². The summed E-state index contributed by atoms with van der Waals surface area (Å²) in [6, 6.07) is 12.2. The van der Waals surface area contributed by atoms with Gasteiger partial charge in [0.15, 0.2) is 18.1 Å². The highest BCUT2D eigenvalue weighted by atomic mass is 32.2. The Morgan fingerprint density at radius 3 is 2.56 bits per heavy atom. The molecule has 0 aliphatic rings. The van der Waals surface area contributed by atoms with Gasteiger partial charge < -0.3 is 19.5 Å². The Labute approximate surface area is 163 Å². The molecular weight excluding hydrogens is 366 g/mol. The average molecular weight is 389 g/mol. The van der Waals surface area contributed by atoms with E-state index in [0.717, 1.165) is 4.90 Å². The van der Waals surface area contributed by atoms with Gasteiger partial charge in [-0.3, -0.25) is 4.79 Å². The summed E-state index contributed by atoms with van der Waals surface area (Å²) < 4.78 is 15.9. The molecule has 0 atom stereocenters. The zero-order valence-electron chi connectivity index (χ0n) is 15.8. The Hall–Kier alpha value is -2.67. The maximum atomic E-state index is 12.2. The van der Waals surface area contributed by atoms with Crippen LogP contribution in [0.25, 0.3) is 0 Å². The molecule has 2 aromatic rings. The normalized spacial score (nSPS) is 10.4. The fourth-order valence-electron chi connectivity index (χ4n) is 2.26. The smallest absolute Gasteiger partial charge is 0.338 e. The molecule has 0 heterocycles. The predicted molar refractivity (Wildman–Crippen MR) is 106 cm³/mol. The molecule has 0 saturated carbocycles. The lowest BCUT2D eigenvalue weighted by Gasteiger charge is -2.14. The molecule has 27 heavy (non-hydrogen) atoms. The number of hydrogen-bond donors (Lipinski definition) is 1. The van der Waals surface area contributed by atoms with Crippen molar-refractivity contribution in [3.05, 3.63) is 48.0 Å². The van der Waals surface area contributed by atoms with E-state index in [0.29, 0.717) is 17.2 Å². The monoisotopic (exact) mass is 389 g/mol. The topological polar surface area (TPSA) is 73.9 Å². The lowest BCUT2D eigenvalue weighted by atomic mass is 10.2. The van der Waals surface area contributed by atoms with Gasteiger partial charge in [0.25, 0.3) is 5.91 Å². The molecule has 0 spiro atoms. The van der Waals surface area contributed by atoms with Gasteiger partial charge in [0.2, 0.25) is 0 Å². The van der Waals surface area contributed by atoms with Gasteiger partial charge in [-0.05, 0) is 56.5 Å². The van der Waals surface area contributed by atoms with Crippen molar-refractivity contribution >= 4 is 29.3 Å². The second-order valence-electron chi connectivity index (χ2n) is 5.89. The van der Waals surface area contributed by atoms with Crippen LogP contribution in [0, 0.1) is 0 Å². The van der Waals surface area contributed by atoms with Gasteiger partial charge in [0, 0.05) is 10.6 Å². The minimum Gasteiger partial charge on any atom is -0.493 e. The van der Waals surface area contributed by atoms with Crippen LogP contribution in [-0.2, 0) is 9.53 Å². The van der Waals surface area contributed by atoms with Gasteiger partial charge in [-0.2, -0.15) is 0 Å². The Kier molecular flexibility index (Phi) is 7.55. The van der Waals surface area contributed by atoms with Crippen LogP contribution < -0.4 is 14.8 Å². The molecule has 1 N–H and O–H groups in total. The summed E-state index contributed by atoms with van der Waals surface area (Å²) in [6.07, 6.45) is 1.93. The van der Waals surface area contributed by atoms with E-state index in [2.05, 4.69) is 5.32 Å². The maximum Gasteiger partial charge on any atom is 0.338 e. The number of carbonyl (C=O) groups excluding carboxylic acids is 2. The lowest BCUT2D eigenvalue weighted by molar-refractivity contribution is -0.119. The number of ether oxygens (including phenoxy) is 3. The average Bonchev–Trinajstić information content (AvgIpc) is 2.66. The summed E-state index contributed by atoms with van der Waals surface area (Å²) >= 11 is 1.57. The lowest BCUT2D eigenvalue weighted by Crippen LogP contribution is -2.21. The van der Waals surface area contributed by atoms with E-state index in [9.17, 15) is 9.59 Å². The third-order valence-electron chi connectivity index (χ3n) is 3.45. The molecule has 0 aliphatic heterocycles. The van der Waals surface area contributed by atoms with Crippen molar-refractivity contribution in [3.63, 3.8) is 0 Å². The number of esters is 1. The fourth-order valence-corrected chi connectivity index (χ4v) is 2.72. The van der Waals surface area contributed by atoms with Crippen LogP contribution in [0.2, 0.25) is 0 Å². The van der Waals surface area contributed by atoms with E-state index in [1.165, 1.54) is 13.2 Å². The second-order valence-corrected chi connectivity index (χ2v) is 6.77. The van der Waals surface area contributed by atoms with Gasteiger partial charge >= 0.3 is 5.97 Å². The Morgan fingerprint density at radius 2 is 1.89 bits per heavy atom. The maximum absolute atomic E-state index is 12.2.